The Morgan fingerprint density at radius 3 is 2.68 bits per heavy atom. The molecule has 2 aromatic rings. The van der Waals surface area contributed by atoms with E-state index in [-0.39, 0.29) is 24.2 Å². The van der Waals surface area contributed by atoms with Crippen molar-refractivity contribution < 1.29 is 9.53 Å². The van der Waals surface area contributed by atoms with Crippen molar-refractivity contribution in [1.82, 2.24) is 4.98 Å². The molecule has 5 nitrogen and oxygen atoms in total. The molecular formula is C15H20ClN3O2S. The van der Waals surface area contributed by atoms with Crippen molar-refractivity contribution in [2.75, 3.05) is 12.4 Å². The third-order valence-corrected chi connectivity index (χ3v) is 3.90. The molecule has 0 saturated carbocycles. The molecule has 7 heteroatoms. The predicted molar refractivity (Wildman–Crippen MR) is 92.8 cm³/mol. The third-order valence-electron chi connectivity index (χ3n) is 3.14. The standard InChI is InChI=1S/C15H19N3O2S.ClH/c1-9(2)13(16)14(19)18-15-17-11(8-21-15)10-6-4-5-7-12(10)20-3;/h4-9,13H,16H2,1-3H3,(H,17,18,19);1H/t13-;/m0./s1. The molecule has 0 bridgehead atoms. The summed E-state index contributed by atoms with van der Waals surface area (Å²) >= 11 is 1.37. The van der Waals surface area contributed by atoms with Gasteiger partial charge in [0.2, 0.25) is 5.91 Å². The minimum atomic E-state index is -0.538. The van der Waals surface area contributed by atoms with Gasteiger partial charge in [0.15, 0.2) is 5.13 Å². The Kier molecular flexibility index (Phi) is 6.80. The fraction of sp³-hybridized carbons (Fsp3) is 0.333. The smallest absolute Gasteiger partial charge is 0.243 e. The van der Waals surface area contributed by atoms with Gasteiger partial charge in [-0.1, -0.05) is 26.0 Å². The largest absolute Gasteiger partial charge is 0.496 e. The number of hydrogen-bond acceptors (Lipinski definition) is 5. The lowest BCUT2D eigenvalue weighted by atomic mass is 10.1. The lowest BCUT2D eigenvalue weighted by molar-refractivity contribution is -0.118. The first-order valence-corrected chi connectivity index (χ1v) is 7.56. The van der Waals surface area contributed by atoms with E-state index < -0.39 is 6.04 Å². The van der Waals surface area contributed by atoms with E-state index in [1.165, 1.54) is 11.3 Å². The number of aromatic nitrogens is 1. The van der Waals surface area contributed by atoms with Crippen LogP contribution < -0.4 is 15.8 Å². The maximum absolute atomic E-state index is 11.9. The van der Waals surface area contributed by atoms with Gasteiger partial charge in [0, 0.05) is 10.9 Å². The van der Waals surface area contributed by atoms with Crippen molar-refractivity contribution in [3.63, 3.8) is 0 Å². The zero-order chi connectivity index (χ0) is 15.4. The molecule has 22 heavy (non-hydrogen) atoms. The van der Waals surface area contributed by atoms with E-state index in [0.29, 0.717) is 5.13 Å². The summed E-state index contributed by atoms with van der Waals surface area (Å²) in [6.45, 7) is 3.82. The molecule has 0 radical (unpaired) electrons. The van der Waals surface area contributed by atoms with Crippen LogP contribution in [0.5, 0.6) is 5.75 Å². The number of nitrogens with one attached hydrogen (secondary N) is 1. The number of anilines is 1. The molecule has 2 rings (SSSR count). The number of ether oxygens (including phenoxy) is 1. The molecule has 1 aromatic heterocycles. The second-order valence-electron chi connectivity index (χ2n) is 5.00. The van der Waals surface area contributed by atoms with Crippen molar-refractivity contribution in [2.45, 2.75) is 19.9 Å². The van der Waals surface area contributed by atoms with E-state index in [4.69, 9.17) is 10.5 Å². The zero-order valence-corrected chi connectivity index (χ0v) is 14.3. The first-order chi connectivity index (χ1) is 10.0. The number of para-hydroxylation sites is 1. The number of rotatable bonds is 5. The van der Waals surface area contributed by atoms with Gasteiger partial charge in [-0.2, -0.15) is 0 Å². The fourth-order valence-corrected chi connectivity index (χ4v) is 2.52. The van der Waals surface area contributed by atoms with Gasteiger partial charge in [0.05, 0.1) is 18.8 Å². The number of thiazole rings is 1. The summed E-state index contributed by atoms with van der Waals surface area (Å²) in [5, 5.41) is 5.18. The number of nitrogens with zero attached hydrogens (tertiary/aromatic N) is 1. The van der Waals surface area contributed by atoms with Gasteiger partial charge in [-0.25, -0.2) is 4.98 Å². The second kappa shape index (κ2) is 8.12. The van der Waals surface area contributed by atoms with Gasteiger partial charge in [0.25, 0.3) is 0 Å². The van der Waals surface area contributed by atoms with E-state index in [1.54, 1.807) is 7.11 Å². The quantitative estimate of drug-likeness (QED) is 0.875. The number of methoxy groups -OCH3 is 1. The Morgan fingerprint density at radius 1 is 1.36 bits per heavy atom. The number of carbonyl (C=O) groups excluding carboxylic acids is 1. The molecule has 1 amide bonds. The van der Waals surface area contributed by atoms with Crippen LogP contribution in [-0.4, -0.2) is 24.0 Å². The Labute approximate surface area is 140 Å². The average molecular weight is 342 g/mol. The van der Waals surface area contributed by atoms with Crippen LogP contribution >= 0.6 is 23.7 Å². The van der Waals surface area contributed by atoms with Crippen molar-refractivity contribution in [2.24, 2.45) is 11.7 Å². The SMILES string of the molecule is COc1ccccc1-c1csc(NC(=O)[C@@H](N)C(C)C)n1.Cl. The van der Waals surface area contributed by atoms with Crippen LogP contribution in [0, 0.1) is 5.92 Å². The zero-order valence-electron chi connectivity index (χ0n) is 12.7. The van der Waals surface area contributed by atoms with E-state index in [0.717, 1.165) is 17.0 Å². The molecule has 1 atom stereocenters. The minimum absolute atomic E-state index is 0. The Balaban J connectivity index is 0.00000242. The van der Waals surface area contributed by atoms with Crippen LogP contribution in [0.15, 0.2) is 29.6 Å². The monoisotopic (exact) mass is 341 g/mol. The van der Waals surface area contributed by atoms with Crippen LogP contribution in [0.2, 0.25) is 0 Å². The van der Waals surface area contributed by atoms with Crippen LogP contribution in [0.3, 0.4) is 0 Å². The van der Waals surface area contributed by atoms with Crippen molar-refractivity contribution >= 4 is 34.8 Å². The van der Waals surface area contributed by atoms with Crippen molar-refractivity contribution in [3.8, 4) is 17.0 Å². The normalized spacial score (nSPS) is 11.7. The number of benzene rings is 1. The Morgan fingerprint density at radius 2 is 2.05 bits per heavy atom. The van der Waals surface area contributed by atoms with E-state index in [1.807, 2.05) is 43.5 Å². The number of hydrogen-bond donors (Lipinski definition) is 2. The molecule has 120 valence electrons. The Bertz CT molecular complexity index is 631. The van der Waals surface area contributed by atoms with E-state index in [2.05, 4.69) is 10.3 Å². The topological polar surface area (TPSA) is 77.2 Å². The summed E-state index contributed by atoms with van der Waals surface area (Å²) in [6, 6.07) is 7.09. The minimum Gasteiger partial charge on any atom is -0.496 e. The lowest BCUT2D eigenvalue weighted by Crippen LogP contribution is -2.39. The van der Waals surface area contributed by atoms with Gasteiger partial charge >= 0.3 is 0 Å². The number of carbonyl (C=O) groups is 1. The molecule has 1 aromatic carbocycles. The molecule has 0 aliphatic carbocycles. The summed E-state index contributed by atoms with van der Waals surface area (Å²) in [5.74, 6) is 0.615. The molecular weight excluding hydrogens is 322 g/mol. The van der Waals surface area contributed by atoms with Crippen LogP contribution in [0.25, 0.3) is 11.3 Å². The van der Waals surface area contributed by atoms with Crippen molar-refractivity contribution in [3.05, 3.63) is 29.6 Å². The Hall–Kier alpha value is -1.63. The van der Waals surface area contributed by atoms with Crippen LogP contribution in [0.1, 0.15) is 13.8 Å². The summed E-state index contributed by atoms with van der Waals surface area (Å²) in [4.78, 5) is 16.4. The average Bonchev–Trinajstić information content (AvgIpc) is 2.94. The highest BCUT2D eigenvalue weighted by Gasteiger charge is 2.18. The first-order valence-electron chi connectivity index (χ1n) is 6.68. The summed E-state index contributed by atoms with van der Waals surface area (Å²) in [6.07, 6.45) is 0. The van der Waals surface area contributed by atoms with Gasteiger partial charge in [-0.15, -0.1) is 23.7 Å². The highest BCUT2D eigenvalue weighted by molar-refractivity contribution is 7.14. The summed E-state index contributed by atoms with van der Waals surface area (Å²) in [7, 11) is 1.62. The first kappa shape index (κ1) is 18.4. The van der Waals surface area contributed by atoms with Gasteiger partial charge < -0.3 is 15.8 Å². The lowest BCUT2D eigenvalue weighted by Gasteiger charge is -2.13. The molecule has 0 fully saturated rings. The van der Waals surface area contributed by atoms with Gasteiger partial charge in [0.1, 0.15) is 5.75 Å². The molecule has 0 spiro atoms. The number of amides is 1. The highest BCUT2D eigenvalue weighted by atomic mass is 35.5. The fourth-order valence-electron chi connectivity index (χ4n) is 1.80. The maximum atomic E-state index is 11.9. The number of halogens is 1. The highest BCUT2D eigenvalue weighted by Crippen LogP contribution is 2.31. The molecule has 0 aliphatic rings. The molecule has 0 saturated heterocycles. The molecule has 0 unspecified atom stereocenters. The maximum Gasteiger partial charge on any atom is 0.243 e. The van der Waals surface area contributed by atoms with Crippen LogP contribution in [0.4, 0.5) is 5.13 Å². The van der Waals surface area contributed by atoms with Gasteiger partial charge in [-0.3, -0.25) is 4.79 Å². The molecule has 1 heterocycles. The van der Waals surface area contributed by atoms with E-state index >= 15 is 0 Å². The number of nitrogens with two attached hydrogens (primary N) is 1. The third kappa shape index (κ3) is 4.19. The van der Waals surface area contributed by atoms with Gasteiger partial charge in [-0.05, 0) is 18.1 Å². The summed E-state index contributed by atoms with van der Waals surface area (Å²) < 4.78 is 5.32. The van der Waals surface area contributed by atoms with Crippen LogP contribution in [-0.2, 0) is 4.79 Å². The van der Waals surface area contributed by atoms with Crippen molar-refractivity contribution in [1.29, 1.82) is 0 Å². The second-order valence-corrected chi connectivity index (χ2v) is 5.86. The molecule has 3 N–H and O–H groups in total. The molecule has 0 aliphatic heterocycles. The summed E-state index contributed by atoms with van der Waals surface area (Å²) in [5.41, 5.74) is 7.48. The predicted octanol–water partition coefficient (Wildman–Crippen LogP) is 3.16. The van der Waals surface area contributed by atoms with E-state index in [9.17, 15) is 4.79 Å².